The number of thioether (sulfide) groups is 1. The summed E-state index contributed by atoms with van der Waals surface area (Å²) in [6.07, 6.45) is 0. The van der Waals surface area contributed by atoms with Gasteiger partial charge in [-0.2, -0.15) is 8.42 Å². The predicted octanol–water partition coefficient (Wildman–Crippen LogP) is 2.56. The Balaban J connectivity index is 2.53. The van der Waals surface area contributed by atoms with Crippen molar-refractivity contribution in [3.05, 3.63) is 23.2 Å². The number of halogens is 1. The highest BCUT2D eigenvalue weighted by molar-refractivity contribution is 8.14. The van der Waals surface area contributed by atoms with Gasteiger partial charge in [0.1, 0.15) is 4.90 Å². The fourth-order valence-corrected chi connectivity index (χ4v) is 3.54. The number of benzene rings is 1. The van der Waals surface area contributed by atoms with Crippen LogP contribution in [0.2, 0.25) is 5.02 Å². The second-order valence-electron chi connectivity index (χ2n) is 3.07. The van der Waals surface area contributed by atoms with Gasteiger partial charge in [0.2, 0.25) is 0 Å². The van der Waals surface area contributed by atoms with Crippen LogP contribution in [0.5, 0.6) is 0 Å². The largest absolute Gasteiger partial charge is 0.333 e. The van der Waals surface area contributed by atoms with Crippen molar-refractivity contribution >= 4 is 44.2 Å². The molecule has 0 amide bonds. The summed E-state index contributed by atoms with van der Waals surface area (Å²) in [7, 11) is -3.62. The van der Waals surface area contributed by atoms with Crippen LogP contribution in [-0.4, -0.2) is 19.3 Å². The Labute approximate surface area is 103 Å². The molecule has 0 atom stereocenters. The van der Waals surface area contributed by atoms with Gasteiger partial charge in [0.25, 0.3) is 10.0 Å². The van der Waals surface area contributed by atoms with E-state index in [-0.39, 0.29) is 4.90 Å². The summed E-state index contributed by atoms with van der Waals surface area (Å²) in [6.45, 7) is 1.93. The Hall–Kier alpha value is -0.720. The summed E-state index contributed by atoms with van der Waals surface area (Å²) >= 11 is 7.10. The minimum atomic E-state index is -3.62. The number of amidine groups is 1. The van der Waals surface area contributed by atoms with E-state index >= 15 is 0 Å². The van der Waals surface area contributed by atoms with Crippen molar-refractivity contribution in [2.24, 2.45) is 4.40 Å². The monoisotopic (exact) mass is 276 g/mol. The first-order valence-corrected chi connectivity index (χ1v) is 7.37. The summed E-state index contributed by atoms with van der Waals surface area (Å²) in [5.41, 5.74) is 0.523. The third-order valence-electron chi connectivity index (χ3n) is 1.95. The zero-order valence-electron chi connectivity index (χ0n) is 8.40. The minimum absolute atomic E-state index is 0.125. The van der Waals surface area contributed by atoms with E-state index in [9.17, 15) is 8.42 Å². The first kappa shape index (κ1) is 11.8. The van der Waals surface area contributed by atoms with Crippen LogP contribution in [-0.2, 0) is 10.0 Å². The SMILES string of the molecule is CCSC1=NS(=O)(=O)c2cc(Cl)ccc2N1. The topological polar surface area (TPSA) is 58.5 Å². The van der Waals surface area contributed by atoms with Crippen molar-refractivity contribution in [2.75, 3.05) is 11.1 Å². The van der Waals surface area contributed by atoms with Gasteiger partial charge >= 0.3 is 0 Å². The number of hydrogen-bond donors (Lipinski definition) is 1. The first-order chi connectivity index (χ1) is 7.53. The summed E-state index contributed by atoms with van der Waals surface area (Å²) in [4.78, 5) is 0.125. The number of hydrogen-bond acceptors (Lipinski definition) is 4. The van der Waals surface area contributed by atoms with Gasteiger partial charge in [-0.05, 0) is 24.0 Å². The van der Waals surface area contributed by atoms with Crippen molar-refractivity contribution in [1.82, 2.24) is 0 Å². The molecular weight excluding hydrogens is 268 g/mol. The standard InChI is InChI=1S/C9H9ClN2O2S2/c1-2-15-9-11-7-4-3-6(10)5-8(7)16(13,14)12-9/h3-5H,2H2,1H3,(H,11,12). The van der Waals surface area contributed by atoms with Gasteiger partial charge in [-0.25, -0.2) is 0 Å². The molecule has 0 unspecified atom stereocenters. The number of anilines is 1. The molecule has 1 heterocycles. The Kier molecular flexibility index (Phi) is 3.14. The number of fused-ring (bicyclic) bond motifs is 1. The Morgan fingerprint density at radius 1 is 1.50 bits per heavy atom. The maximum Gasteiger partial charge on any atom is 0.286 e. The Morgan fingerprint density at radius 2 is 2.25 bits per heavy atom. The Bertz CT molecular complexity index is 555. The van der Waals surface area contributed by atoms with Crippen LogP contribution in [0.3, 0.4) is 0 Å². The summed E-state index contributed by atoms with van der Waals surface area (Å²) < 4.78 is 27.3. The van der Waals surface area contributed by atoms with Crippen molar-refractivity contribution < 1.29 is 8.42 Å². The molecule has 2 rings (SSSR count). The van der Waals surface area contributed by atoms with Crippen LogP contribution >= 0.6 is 23.4 Å². The lowest BCUT2D eigenvalue weighted by atomic mass is 10.3. The number of rotatable bonds is 1. The fourth-order valence-electron chi connectivity index (χ4n) is 1.31. The average molecular weight is 277 g/mol. The summed E-state index contributed by atoms with van der Waals surface area (Å²) in [5.74, 6) is 0.754. The van der Waals surface area contributed by atoms with Crippen molar-refractivity contribution in [1.29, 1.82) is 0 Å². The lowest BCUT2D eigenvalue weighted by molar-refractivity contribution is 0.598. The summed E-state index contributed by atoms with van der Waals surface area (Å²) in [6, 6.07) is 4.68. The van der Waals surface area contributed by atoms with Crippen LogP contribution in [0.25, 0.3) is 0 Å². The predicted molar refractivity (Wildman–Crippen MR) is 67.8 cm³/mol. The van der Waals surface area contributed by atoms with Crippen molar-refractivity contribution in [3.63, 3.8) is 0 Å². The molecular formula is C9H9ClN2O2S2. The molecule has 1 aliphatic rings. The van der Waals surface area contributed by atoms with Crippen molar-refractivity contribution in [2.45, 2.75) is 11.8 Å². The van der Waals surface area contributed by atoms with Gasteiger partial charge < -0.3 is 5.32 Å². The Morgan fingerprint density at radius 3 is 2.94 bits per heavy atom. The maximum absolute atomic E-state index is 11.8. The average Bonchev–Trinajstić information content (AvgIpc) is 2.19. The van der Waals surface area contributed by atoms with E-state index in [4.69, 9.17) is 11.6 Å². The molecule has 0 spiro atoms. The smallest absolute Gasteiger partial charge is 0.286 e. The molecule has 4 nitrogen and oxygen atoms in total. The molecule has 1 N–H and O–H groups in total. The van der Waals surface area contributed by atoms with E-state index in [0.29, 0.717) is 15.9 Å². The number of nitrogens with zero attached hydrogens (tertiary/aromatic N) is 1. The molecule has 1 aliphatic heterocycles. The number of sulfonamides is 1. The fraction of sp³-hybridized carbons (Fsp3) is 0.222. The van der Waals surface area contributed by atoms with Crippen LogP contribution < -0.4 is 5.32 Å². The molecule has 0 saturated heterocycles. The lowest BCUT2D eigenvalue weighted by Gasteiger charge is -2.17. The second-order valence-corrected chi connectivity index (χ2v) is 6.33. The van der Waals surface area contributed by atoms with E-state index in [1.54, 1.807) is 12.1 Å². The quantitative estimate of drug-likeness (QED) is 0.856. The van der Waals surface area contributed by atoms with Crippen LogP contribution in [0, 0.1) is 0 Å². The van der Waals surface area contributed by atoms with Gasteiger partial charge in [0.15, 0.2) is 5.17 Å². The molecule has 0 aromatic heterocycles. The zero-order valence-corrected chi connectivity index (χ0v) is 10.8. The molecule has 0 radical (unpaired) electrons. The zero-order chi connectivity index (χ0) is 11.8. The number of nitrogens with one attached hydrogen (secondary N) is 1. The van der Waals surface area contributed by atoms with Gasteiger partial charge in [-0.3, -0.25) is 0 Å². The molecule has 86 valence electrons. The van der Waals surface area contributed by atoms with Gasteiger partial charge in [-0.15, -0.1) is 4.40 Å². The minimum Gasteiger partial charge on any atom is -0.333 e. The molecule has 0 saturated carbocycles. The van der Waals surface area contributed by atoms with E-state index in [1.165, 1.54) is 17.8 Å². The molecule has 0 bridgehead atoms. The van der Waals surface area contributed by atoms with E-state index in [0.717, 1.165) is 5.75 Å². The van der Waals surface area contributed by atoms with Crippen LogP contribution in [0.15, 0.2) is 27.5 Å². The molecule has 1 aromatic rings. The third-order valence-corrected chi connectivity index (χ3v) is 4.37. The normalized spacial score (nSPS) is 17.2. The highest BCUT2D eigenvalue weighted by Gasteiger charge is 2.24. The molecule has 16 heavy (non-hydrogen) atoms. The first-order valence-electron chi connectivity index (χ1n) is 4.57. The van der Waals surface area contributed by atoms with E-state index in [2.05, 4.69) is 9.71 Å². The highest BCUT2D eigenvalue weighted by atomic mass is 35.5. The van der Waals surface area contributed by atoms with Crippen LogP contribution in [0.1, 0.15) is 6.92 Å². The van der Waals surface area contributed by atoms with Crippen molar-refractivity contribution in [3.8, 4) is 0 Å². The molecule has 0 aliphatic carbocycles. The third kappa shape index (κ3) is 2.18. The van der Waals surface area contributed by atoms with E-state index < -0.39 is 10.0 Å². The van der Waals surface area contributed by atoms with Gasteiger partial charge in [0, 0.05) is 5.02 Å². The molecule has 7 heteroatoms. The van der Waals surface area contributed by atoms with Crippen LogP contribution in [0.4, 0.5) is 5.69 Å². The van der Waals surface area contributed by atoms with E-state index in [1.807, 2.05) is 6.92 Å². The van der Waals surface area contributed by atoms with Gasteiger partial charge in [-0.1, -0.05) is 30.3 Å². The summed E-state index contributed by atoms with van der Waals surface area (Å²) in [5, 5.41) is 3.74. The van der Waals surface area contributed by atoms with Gasteiger partial charge in [0.05, 0.1) is 5.69 Å². The second kappa shape index (κ2) is 4.27. The lowest BCUT2D eigenvalue weighted by Crippen LogP contribution is -2.18. The highest BCUT2D eigenvalue weighted by Crippen LogP contribution is 2.31. The molecule has 0 fully saturated rings. The maximum atomic E-state index is 11.8. The molecule has 1 aromatic carbocycles.